The average molecular weight is 297 g/mol. The van der Waals surface area contributed by atoms with E-state index in [0.717, 1.165) is 34.1 Å². The van der Waals surface area contributed by atoms with Gasteiger partial charge in [0.1, 0.15) is 5.03 Å². The summed E-state index contributed by atoms with van der Waals surface area (Å²) in [4.78, 5) is 4.67. The molecule has 0 aliphatic rings. The Bertz CT molecular complexity index is 777. The minimum absolute atomic E-state index is 0.893. The van der Waals surface area contributed by atoms with Crippen molar-refractivity contribution in [1.82, 2.24) is 14.6 Å². The average Bonchev–Trinajstić information content (AvgIpc) is 2.91. The molecule has 2 aromatic heterocycles. The second kappa shape index (κ2) is 5.90. The number of aromatic nitrogens is 3. The van der Waals surface area contributed by atoms with Gasteiger partial charge in [0.2, 0.25) is 0 Å². The van der Waals surface area contributed by atoms with Gasteiger partial charge in [0.15, 0.2) is 5.65 Å². The summed E-state index contributed by atoms with van der Waals surface area (Å²) in [5.41, 5.74) is 5.61. The Balaban J connectivity index is 1.98. The summed E-state index contributed by atoms with van der Waals surface area (Å²) in [7, 11) is 0. The van der Waals surface area contributed by atoms with Crippen molar-refractivity contribution in [3.05, 3.63) is 47.7 Å². The van der Waals surface area contributed by atoms with Gasteiger partial charge in [-0.15, -0.1) is 11.8 Å². The van der Waals surface area contributed by atoms with E-state index in [0.29, 0.717) is 0 Å². The maximum Gasteiger partial charge on any atom is 0.154 e. The number of nitrogens with zero attached hydrogens (tertiary/aromatic N) is 3. The van der Waals surface area contributed by atoms with Crippen LogP contribution >= 0.6 is 11.8 Å². The minimum Gasteiger partial charge on any atom is -0.227 e. The molecule has 3 nitrogen and oxygen atoms in total. The molecular weight excluding hydrogens is 278 g/mol. The molecular formula is C17H19N3S. The van der Waals surface area contributed by atoms with Gasteiger partial charge in [0, 0.05) is 5.56 Å². The van der Waals surface area contributed by atoms with Crippen molar-refractivity contribution in [1.29, 1.82) is 0 Å². The number of imidazole rings is 1. The second-order valence-electron chi connectivity index (χ2n) is 5.25. The first kappa shape index (κ1) is 14.1. The number of hydrogen-bond donors (Lipinski definition) is 0. The standard InChI is InChI=1S/C17H19N3S/c1-4-9-21-17-8-7-16-18-15(11-20(16)19-17)14-6-5-12(2)13(3)10-14/h5-8,10-11H,4,9H2,1-3H3. The van der Waals surface area contributed by atoms with Crippen molar-refractivity contribution in [2.75, 3.05) is 5.75 Å². The topological polar surface area (TPSA) is 30.2 Å². The summed E-state index contributed by atoms with van der Waals surface area (Å²) in [5, 5.41) is 5.67. The van der Waals surface area contributed by atoms with Crippen molar-refractivity contribution in [2.45, 2.75) is 32.2 Å². The lowest BCUT2D eigenvalue weighted by Gasteiger charge is -2.01. The highest BCUT2D eigenvalue weighted by atomic mass is 32.2. The van der Waals surface area contributed by atoms with E-state index in [1.54, 1.807) is 11.8 Å². The summed E-state index contributed by atoms with van der Waals surface area (Å²) in [5.74, 6) is 1.09. The van der Waals surface area contributed by atoms with E-state index in [1.807, 2.05) is 22.8 Å². The lowest BCUT2D eigenvalue weighted by Crippen LogP contribution is -1.91. The molecule has 0 aliphatic carbocycles. The molecule has 0 amide bonds. The number of benzene rings is 1. The molecule has 21 heavy (non-hydrogen) atoms. The van der Waals surface area contributed by atoms with Crippen molar-refractivity contribution >= 4 is 17.4 Å². The molecule has 0 aliphatic heterocycles. The highest BCUT2D eigenvalue weighted by Crippen LogP contribution is 2.23. The maximum absolute atomic E-state index is 4.67. The number of rotatable bonds is 4. The number of aryl methyl sites for hydroxylation is 2. The number of thioether (sulfide) groups is 1. The van der Waals surface area contributed by atoms with E-state index in [2.05, 4.69) is 49.1 Å². The molecule has 0 atom stereocenters. The fourth-order valence-electron chi connectivity index (χ4n) is 2.19. The smallest absolute Gasteiger partial charge is 0.154 e. The largest absolute Gasteiger partial charge is 0.227 e. The SMILES string of the molecule is CCCSc1ccc2nc(-c3ccc(C)c(C)c3)cn2n1. The van der Waals surface area contributed by atoms with Gasteiger partial charge in [-0.05, 0) is 55.3 Å². The normalized spacial score (nSPS) is 11.2. The fourth-order valence-corrected chi connectivity index (χ4v) is 2.91. The Morgan fingerprint density at radius 2 is 1.95 bits per heavy atom. The summed E-state index contributed by atoms with van der Waals surface area (Å²) in [6.45, 7) is 6.44. The molecule has 2 heterocycles. The molecule has 4 heteroatoms. The van der Waals surface area contributed by atoms with Gasteiger partial charge in [-0.3, -0.25) is 0 Å². The first-order valence-corrected chi connectivity index (χ1v) is 8.23. The zero-order valence-electron chi connectivity index (χ0n) is 12.6. The monoisotopic (exact) mass is 297 g/mol. The fraction of sp³-hybridized carbons (Fsp3) is 0.294. The van der Waals surface area contributed by atoms with Crippen LogP contribution in [0, 0.1) is 13.8 Å². The molecule has 3 aromatic rings. The Kier molecular flexibility index (Phi) is 3.97. The molecule has 0 unspecified atom stereocenters. The molecule has 0 saturated carbocycles. The maximum atomic E-state index is 4.67. The summed E-state index contributed by atoms with van der Waals surface area (Å²) < 4.78 is 1.88. The molecule has 3 rings (SSSR count). The van der Waals surface area contributed by atoms with Crippen LogP contribution in [0.4, 0.5) is 0 Å². The predicted octanol–water partition coefficient (Wildman–Crippen LogP) is 4.52. The predicted molar refractivity (Wildman–Crippen MR) is 88.9 cm³/mol. The quantitative estimate of drug-likeness (QED) is 0.663. The molecule has 0 N–H and O–H groups in total. The van der Waals surface area contributed by atoms with Crippen LogP contribution < -0.4 is 0 Å². The zero-order chi connectivity index (χ0) is 14.8. The van der Waals surface area contributed by atoms with E-state index in [-0.39, 0.29) is 0 Å². The summed E-state index contributed by atoms with van der Waals surface area (Å²) in [6.07, 6.45) is 3.16. The molecule has 0 radical (unpaired) electrons. The number of hydrogen-bond acceptors (Lipinski definition) is 3. The molecule has 1 aromatic carbocycles. The van der Waals surface area contributed by atoms with Crippen LogP contribution in [0.5, 0.6) is 0 Å². The number of fused-ring (bicyclic) bond motifs is 1. The van der Waals surface area contributed by atoms with Crippen LogP contribution in [0.3, 0.4) is 0 Å². The van der Waals surface area contributed by atoms with Crippen LogP contribution in [0.15, 0.2) is 41.6 Å². The first-order valence-electron chi connectivity index (χ1n) is 7.24. The van der Waals surface area contributed by atoms with Crippen LogP contribution in [0.2, 0.25) is 0 Å². The van der Waals surface area contributed by atoms with Crippen LogP contribution in [-0.2, 0) is 0 Å². The molecule has 0 fully saturated rings. The molecule has 0 bridgehead atoms. The van der Waals surface area contributed by atoms with Gasteiger partial charge in [-0.2, -0.15) is 5.10 Å². The lowest BCUT2D eigenvalue weighted by atomic mass is 10.1. The van der Waals surface area contributed by atoms with E-state index in [1.165, 1.54) is 11.1 Å². The highest BCUT2D eigenvalue weighted by Gasteiger charge is 2.07. The van der Waals surface area contributed by atoms with E-state index in [9.17, 15) is 0 Å². The van der Waals surface area contributed by atoms with Crippen LogP contribution in [0.25, 0.3) is 16.9 Å². The van der Waals surface area contributed by atoms with Crippen molar-refractivity contribution in [3.8, 4) is 11.3 Å². The Hall–Kier alpha value is -1.81. The van der Waals surface area contributed by atoms with Gasteiger partial charge in [-0.25, -0.2) is 9.50 Å². The zero-order valence-corrected chi connectivity index (χ0v) is 13.4. The van der Waals surface area contributed by atoms with E-state index < -0.39 is 0 Å². The third-order valence-electron chi connectivity index (χ3n) is 3.55. The van der Waals surface area contributed by atoms with Gasteiger partial charge < -0.3 is 0 Å². The van der Waals surface area contributed by atoms with Crippen molar-refractivity contribution in [2.24, 2.45) is 0 Å². The summed E-state index contributed by atoms with van der Waals surface area (Å²) in [6, 6.07) is 10.5. The van der Waals surface area contributed by atoms with E-state index >= 15 is 0 Å². The van der Waals surface area contributed by atoms with Gasteiger partial charge in [-0.1, -0.05) is 19.1 Å². The van der Waals surface area contributed by atoms with Gasteiger partial charge >= 0.3 is 0 Å². The van der Waals surface area contributed by atoms with Crippen molar-refractivity contribution in [3.63, 3.8) is 0 Å². The molecule has 0 spiro atoms. The Morgan fingerprint density at radius 1 is 1.10 bits per heavy atom. The Labute approximate surface area is 129 Å². The second-order valence-corrected chi connectivity index (χ2v) is 6.36. The van der Waals surface area contributed by atoms with Crippen molar-refractivity contribution < 1.29 is 0 Å². The molecule has 108 valence electrons. The summed E-state index contributed by atoms with van der Waals surface area (Å²) >= 11 is 1.79. The van der Waals surface area contributed by atoms with Gasteiger partial charge in [0.25, 0.3) is 0 Å². The lowest BCUT2D eigenvalue weighted by molar-refractivity contribution is 0.858. The minimum atomic E-state index is 0.893. The van der Waals surface area contributed by atoms with Crippen LogP contribution in [-0.4, -0.2) is 20.4 Å². The van der Waals surface area contributed by atoms with Crippen LogP contribution in [0.1, 0.15) is 24.5 Å². The third-order valence-corrected chi connectivity index (χ3v) is 4.68. The first-order chi connectivity index (χ1) is 10.2. The van der Waals surface area contributed by atoms with Gasteiger partial charge in [0.05, 0.1) is 11.9 Å². The van der Waals surface area contributed by atoms with E-state index in [4.69, 9.17) is 0 Å². The third kappa shape index (κ3) is 2.95. The molecule has 0 saturated heterocycles. The Morgan fingerprint density at radius 3 is 2.71 bits per heavy atom. The highest BCUT2D eigenvalue weighted by molar-refractivity contribution is 7.99.